The first-order valence-corrected chi connectivity index (χ1v) is 6.21. The standard InChI is InChI=1S/C12H17NOS/c1-3-4-9-8-15-11-5-6-14-10(7-13-2)12(9)11/h3,8,10,13H,1,4-7H2,2H3. The molecule has 2 rings (SSSR count). The van der Waals surface area contributed by atoms with E-state index in [9.17, 15) is 0 Å². The minimum absolute atomic E-state index is 0.236. The fourth-order valence-corrected chi connectivity index (χ4v) is 3.16. The lowest BCUT2D eigenvalue weighted by Gasteiger charge is -2.24. The summed E-state index contributed by atoms with van der Waals surface area (Å²) in [6, 6.07) is 0. The topological polar surface area (TPSA) is 21.3 Å². The second-order valence-corrected chi connectivity index (χ2v) is 4.72. The molecule has 0 amide bonds. The third kappa shape index (κ3) is 2.14. The van der Waals surface area contributed by atoms with E-state index in [0.717, 1.165) is 26.0 Å². The first-order valence-electron chi connectivity index (χ1n) is 5.33. The normalized spacial score (nSPS) is 19.9. The van der Waals surface area contributed by atoms with Crippen molar-refractivity contribution in [1.29, 1.82) is 0 Å². The summed E-state index contributed by atoms with van der Waals surface area (Å²) in [4.78, 5) is 1.50. The summed E-state index contributed by atoms with van der Waals surface area (Å²) in [5.41, 5.74) is 2.81. The summed E-state index contributed by atoms with van der Waals surface area (Å²) >= 11 is 1.87. The molecule has 1 aliphatic heterocycles. The first-order chi connectivity index (χ1) is 7.36. The number of hydrogen-bond donors (Lipinski definition) is 1. The van der Waals surface area contributed by atoms with Crippen molar-refractivity contribution in [2.24, 2.45) is 0 Å². The van der Waals surface area contributed by atoms with Crippen LogP contribution in [0.4, 0.5) is 0 Å². The summed E-state index contributed by atoms with van der Waals surface area (Å²) in [5.74, 6) is 0. The summed E-state index contributed by atoms with van der Waals surface area (Å²) in [6.07, 6.45) is 4.22. The molecule has 0 aliphatic carbocycles. The molecular weight excluding hydrogens is 206 g/mol. The van der Waals surface area contributed by atoms with Crippen molar-refractivity contribution in [3.63, 3.8) is 0 Å². The molecule has 3 heteroatoms. The van der Waals surface area contributed by atoms with Crippen molar-refractivity contribution in [2.75, 3.05) is 20.2 Å². The van der Waals surface area contributed by atoms with Gasteiger partial charge < -0.3 is 10.1 Å². The molecule has 0 saturated carbocycles. The van der Waals surface area contributed by atoms with Crippen LogP contribution in [-0.2, 0) is 17.6 Å². The third-order valence-electron chi connectivity index (χ3n) is 2.71. The van der Waals surface area contributed by atoms with E-state index in [0.29, 0.717) is 0 Å². The molecule has 1 atom stereocenters. The van der Waals surface area contributed by atoms with E-state index >= 15 is 0 Å². The van der Waals surface area contributed by atoms with Gasteiger partial charge in [0.1, 0.15) is 0 Å². The van der Waals surface area contributed by atoms with Crippen molar-refractivity contribution in [2.45, 2.75) is 18.9 Å². The van der Waals surface area contributed by atoms with Gasteiger partial charge in [0.2, 0.25) is 0 Å². The van der Waals surface area contributed by atoms with Crippen molar-refractivity contribution >= 4 is 11.3 Å². The van der Waals surface area contributed by atoms with Crippen LogP contribution in [0.5, 0.6) is 0 Å². The van der Waals surface area contributed by atoms with Crippen molar-refractivity contribution < 1.29 is 4.74 Å². The van der Waals surface area contributed by atoms with Gasteiger partial charge in [-0.25, -0.2) is 0 Å². The zero-order valence-electron chi connectivity index (χ0n) is 9.08. The fraction of sp³-hybridized carbons (Fsp3) is 0.500. The van der Waals surface area contributed by atoms with Crippen LogP contribution in [0.1, 0.15) is 22.1 Å². The molecule has 1 aliphatic rings. The summed E-state index contributed by atoms with van der Waals surface area (Å²) in [7, 11) is 1.97. The Balaban J connectivity index is 2.29. The quantitative estimate of drug-likeness (QED) is 0.791. The summed E-state index contributed by atoms with van der Waals surface area (Å²) < 4.78 is 5.80. The number of hydrogen-bond acceptors (Lipinski definition) is 3. The van der Waals surface area contributed by atoms with E-state index in [-0.39, 0.29) is 6.10 Å². The predicted octanol–water partition coefficient (Wildman–Crippen LogP) is 2.31. The van der Waals surface area contributed by atoms with Crippen LogP contribution in [-0.4, -0.2) is 20.2 Å². The van der Waals surface area contributed by atoms with Gasteiger partial charge in [-0.05, 0) is 30.0 Å². The van der Waals surface area contributed by atoms with E-state index in [1.807, 2.05) is 24.5 Å². The number of likely N-dealkylation sites (N-methyl/N-ethyl adjacent to an activating group) is 1. The zero-order chi connectivity index (χ0) is 10.7. The zero-order valence-corrected chi connectivity index (χ0v) is 9.90. The van der Waals surface area contributed by atoms with Gasteiger partial charge in [0, 0.05) is 17.8 Å². The number of allylic oxidation sites excluding steroid dienone is 1. The molecule has 1 aromatic rings. The Morgan fingerprint density at radius 1 is 1.73 bits per heavy atom. The molecule has 0 bridgehead atoms. The molecule has 0 fully saturated rings. The Bertz CT molecular complexity index is 345. The Kier molecular flexibility index (Phi) is 3.57. The lowest BCUT2D eigenvalue weighted by atomic mass is 9.99. The van der Waals surface area contributed by atoms with E-state index in [2.05, 4.69) is 17.3 Å². The van der Waals surface area contributed by atoms with Crippen molar-refractivity contribution in [3.05, 3.63) is 34.0 Å². The average molecular weight is 223 g/mol. The largest absolute Gasteiger partial charge is 0.372 e. The second kappa shape index (κ2) is 4.92. The van der Waals surface area contributed by atoms with Crippen LogP contribution < -0.4 is 5.32 Å². The maximum Gasteiger partial charge on any atom is 0.0962 e. The molecule has 0 aromatic carbocycles. The molecule has 82 valence electrons. The van der Waals surface area contributed by atoms with Crippen LogP contribution in [0, 0.1) is 0 Å². The molecule has 0 spiro atoms. The lowest BCUT2D eigenvalue weighted by molar-refractivity contribution is 0.0446. The highest BCUT2D eigenvalue weighted by molar-refractivity contribution is 7.10. The van der Waals surface area contributed by atoms with E-state index in [4.69, 9.17) is 4.74 Å². The van der Waals surface area contributed by atoms with Gasteiger partial charge in [-0.1, -0.05) is 6.08 Å². The van der Waals surface area contributed by atoms with Crippen LogP contribution in [0.15, 0.2) is 18.0 Å². The molecule has 1 unspecified atom stereocenters. The Morgan fingerprint density at radius 2 is 2.60 bits per heavy atom. The van der Waals surface area contributed by atoms with Crippen LogP contribution in [0.3, 0.4) is 0 Å². The third-order valence-corrected chi connectivity index (χ3v) is 3.82. The Labute approximate surface area is 95.0 Å². The van der Waals surface area contributed by atoms with Gasteiger partial charge in [0.05, 0.1) is 12.7 Å². The van der Waals surface area contributed by atoms with Gasteiger partial charge in [-0.2, -0.15) is 0 Å². The SMILES string of the molecule is C=CCc1csc2c1C(CNC)OCC2. The number of ether oxygens (including phenoxy) is 1. The number of nitrogens with one attached hydrogen (secondary N) is 1. The van der Waals surface area contributed by atoms with E-state index in [1.165, 1.54) is 16.0 Å². The lowest BCUT2D eigenvalue weighted by Crippen LogP contribution is -2.25. The number of thiophene rings is 1. The maximum absolute atomic E-state index is 5.80. The van der Waals surface area contributed by atoms with Gasteiger partial charge >= 0.3 is 0 Å². The summed E-state index contributed by atoms with van der Waals surface area (Å²) in [6.45, 7) is 5.55. The molecule has 2 nitrogen and oxygen atoms in total. The minimum Gasteiger partial charge on any atom is -0.372 e. The second-order valence-electron chi connectivity index (χ2n) is 3.76. The highest BCUT2D eigenvalue weighted by Crippen LogP contribution is 2.34. The van der Waals surface area contributed by atoms with Crippen LogP contribution in [0.2, 0.25) is 0 Å². The average Bonchev–Trinajstić information content (AvgIpc) is 2.64. The molecule has 0 radical (unpaired) electrons. The monoisotopic (exact) mass is 223 g/mol. The van der Waals surface area contributed by atoms with Crippen LogP contribution in [0.25, 0.3) is 0 Å². The molecular formula is C12H17NOS. The van der Waals surface area contributed by atoms with Crippen molar-refractivity contribution in [1.82, 2.24) is 5.32 Å². The minimum atomic E-state index is 0.236. The van der Waals surface area contributed by atoms with Crippen molar-refractivity contribution in [3.8, 4) is 0 Å². The van der Waals surface area contributed by atoms with Gasteiger partial charge in [0.25, 0.3) is 0 Å². The molecule has 15 heavy (non-hydrogen) atoms. The highest BCUT2D eigenvalue weighted by atomic mass is 32.1. The molecule has 1 aromatic heterocycles. The van der Waals surface area contributed by atoms with Gasteiger partial charge in [-0.15, -0.1) is 17.9 Å². The highest BCUT2D eigenvalue weighted by Gasteiger charge is 2.24. The predicted molar refractivity (Wildman–Crippen MR) is 64.5 cm³/mol. The Morgan fingerprint density at radius 3 is 3.33 bits per heavy atom. The van der Waals surface area contributed by atoms with E-state index < -0.39 is 0 Å². The van der Waals surface area contributed by atoms with Gasteiger partial charge in [0.15, 0.2) is 0 Å². The fourth-order valence-electron chi connectivity index (χ4n) is 2.07. The Hall–Kier alpha value is -0.640. The summed E-state index contributed by atoms with van der Waals surface area (Å²) in [5, 5.41) is 5.44. The first kappa shape index (κ1) is 10.9. The number of rotatable bonds is 4. The molecule has 0 saturated heterocycles. The molecule has 1 N–H and O–H groups in total. The van der Waals surface area contributed by atoms with Gasteiger partial charge in [-0.3, -0.25) is 0 Å². The maximum atomic E-state index is 5.80. The molecule has 2 heterocycles. The van der Waals surface area contributed by atoms with E-state index in [1.54, 1.807) is 0 Å². The number of fused-ring (bicyclic) bond motifs is 1. The smallest absolute Gasteiger partial charge is 0.0962 e. The van der Waals surface area contributed by atoms with Crippen LogP contribution >= 0.6 is 11.3 Å².